The molecule has 0 radical (unpaired) electrons. The summed E-state index contributed by atoms with van der Waals surface area (Å²) in [6.45, 7) is 0. The summed E-state index contributed by atoms with van der Waals surface area (Å²) in [5, 5.41) is 4.14. The molecule has 1 aromatic rings. The molecule has 1 aliphatic carbocycles. The van der Waals surface area contributed by atoms with Gasteiger partial charge in [-0.25, -0.2) is 0 Å². The second-order valence-electron chi connectivity index (χ2n) is 3.31. The van der Waals surface area contributed by atoms with Gasteiger partial charge < -0.3 is 0 Å². The summed E-state index contributed by atoms with van der Waals surface area (Å²) in [6.07, 6.45) is 5.11. The van der Waals surface area contributed by atoms with Crippen LogP contribution in [-0.2, 0) is 24.7 Å². The summed E-state index contributed by atoms with van der Waals surface area (Å²) >= 11 is 0. The Hall–Kier alpha value is -1.12. The van der Waals surface area contributed by atoms with Crippen LogP contribution in [0.5, 0.6) is 0 Å². The molecule has 1 heterocycles. The maximum absolute atomic E-state index is 11.2. The van der Waals surface area contributed by atoms with Crippen molar-refractivity contribution in [1.29, 1.82) is 0 Å². The zero-order chi connectivity index (χ0) is 8.55. The minimum absolute atomic E-state index is 0.349. The molecular weight excluding hydrogens is 152 g/mol. The zero-order valence-corrected chi connectivity index (χ0v) is 7.21. The topological polar surface area (TPSA) is 34.9 Å². The van der Waals surface area contributed by atoms with Gasteiger partial charge in [-0.15, -0.1) is 0 Å². The van der Waals surface area contributed by atoms with Crippen LogP contribution in [0.3, 0.4) is 0 Å². The van der Waals surface area contributed by atoms with Crippen LogP contribution < -0.4 is 0 Å². The quantitative estimate of drug-likeness (QED) is 0.533. The Morgan fingerprint density at radius 1 is 1.50 bits per heavy atom. The second-order valence-corrected chi connectivity index (χ2v) is 3.31. The molecule has 1 aliphatic rings. The lowest BCUT2D eigenvalue weighted by Crippen LogP contribution is -1.99. The van der Waals surface area contributed by atoms with Crippen molar-refractivity contribution in [3.05, 3.63) is 17.5 Å². The first-order valence-electron chi connectivity index (χ1n) is 4.29. The van der Waals surface area contributed by atoms with Crippen LogP contribution >= 0.6 is 0 Å². The maximum atomic E-state index is 11.2. The van der Waals surface area contributed by atoms with Gasteiger partial charge in [0, 0.05) is 31.1 Å². The first kappa shape index (κ1) is 7.53. The van der Waals surface area contributed by atoms with Gasteiger partial charge in [-0.1, -0.05) is 0 Å². The first-order chi connectivity index (χ1) is 5.77. The lowest BCUT2D eigenvalue weighted by molar-refractivity contribution is -0.118. The Balaban J connectivity index is 2.39. The van der Waals surface area contributed by atoms with Crippen molar-refractivity contribution in [3.63, 3.8) is 0 Å². The van der Waals surface area contributed by atoms with Crippen molar-refractivity contribution >= 4 is 5.78 Å². The minimum atomic E-state index is 0.349. The number of hydrogen-bond acceptors (Lipinski definition) is 2. The summed E-state index contributed by atoms with van der Waals surface area (Å²) in [7, 11) is 1.94. The highest BCUT2D eigenvalue weighted by Crippen LogP contribution is 2.17. The van der Waals surface area contributed by atoms with Crippen LogP contribution in [0.25, 0.3) is 0 Å². The van der Waals surface area contributed by atoms with Gasteiger partial charge in [-0.2, -0.15) is 5.10 Å². The molecular formula is C9H12N2O. The first-order valence-corrected chi connectivity index (χ1v) is 4.29. The highest BCUT2D eigenvalue weighted by molar-refractivity contribution is 5.81. The molecule has 2 rings (SSSR count). The molecule has 0 saturated carbocycles. The molecule has 0 fully saturated rings. The Bertz CT molecular complexity index is 314. The number of ketones is 1. The van der Waals surface area contributed by atoms with Gasteiger partial charge >= 0.3 is 0 Å². The maximum Gasteiger partial charge on any atom is 0.137 e. The standard InChI is InChI=1S/C9H12N2O/c1-11-9-4-2-3-8(12)5-7(9)6-10-11/h6H,2-5H2,1H3. The number of carbonyl (C=O) groups excluding carboxylic acids is 1. The zero-order valence-electron chi connectivity index (χ0n) is 7.21. The average molecular weight is 164 g/mol. The Labute approximate surface area is 71.4 Å². The van der Waals surface area contributed by atoms with Crippen LogP contribution in [0.2, 0.25) is 0 Å². The van der Waals surface area contributed by atoms with E-state index >= 15 is 0 Å². The molecule has 0 unspecified atom stereocenters. The summed E-state index contributed by atoms with van der Waals surface area (Å²) in [6, 6.07) is 0. The smallest absolute Gasteiger partial charge is 0.137 e. The summed E-state index contributed by atoms with van der Waals surface area (Å²) in [5.74, 6) is 0.349. The number of rotatable bonds is 0. The number of fused-ring (bicyclic) bond motifs is 1. The SMILES string of the molecule is Cn1ncc2c1CCCC(=O)C2. The van der Waals surface area contributed by atoms with Gasteiger partial charge in [0.15, 0.2) is 0 Å². The third kappa shape index (κ3) is 1.15. The van der Waals surface area contributed by atoms with E-state index in [0.29, 0.717) is 12.2 Å². The normalized spacial score (nSPS) is 17.2. The molecule has 0 amide bonds. The number of nitrogens with zero attached hydrogens (tertiary/aromatic N) is 2. The van der Waals surface area contributed by atoms with Crippen LogP contribution in [0.15, 0.2) is 6.20 Å². The molecule has 1 aromatic heterocycles. The van der Waals surface area contributed by atoms with Gasteiger partial charge in [-0.3, -0.25) is 9.48 Å². The summed E-state index contributed by atoms with van der Waals surface area (Å²) in [4.78, 5) is 11.2. The highest BCUT2D eigenvalue weighted by Gasteiger charge is 2.16. The number of hydrogen-bond donors (Lipinski definition) is 0. The van der Waals surface area contributed by atoms with Crippen molar-refractivity contribution in [3.8, 4) is 0 Å². The van der Waals surface area contributed by atoms with Crippen molar-refractivity contribution in [2.75, 3.05) is 0 Å². The molecule has 0 bridgehead atoms. The number of aryl methyl sites for hydroxylation is 1. The molecule has 0 spiro atoms. The predicted molar refractivity (Wildman–Crippen MR) is 44.9 cm³/mol. The Kier molecular flexibility index (Phi) is 1.71. The predicted octanol–water partition coefficient (Wildman–Crippen LogP) is 0.868. The van der Waals surface area contributed by atoms with Crippen LogP contribution in [0, 0.1) is 0 Å². The van der Waals surface area contributed by atoms with Gasteiger partial charge in [0.2, 0.25) is 0 Å². The van der Waals surface area contributed by atoms with E-state index < -0.39 is 0 Å². The number of carbonyl (C=O) groups is 1. The third-order valence-electron chi connectivity index (χ3n) is 2.40. The fourth-order valence-corrected chi connectivity index (χ4v) is 1.73. The van der Waals surface area contributed by atoms with Crippen molar-refractivity contribution in [1.82, 2.24) is 9.78 Å². The summed E-state index contributed by atoms with van der Waals surface area (Å²) in [5.41, 5.74) is 2.36. The molecule has 0 aliphatic heterocycles. The van der Waals surface area contributed by atoms with E-state index in [1.54, 1.807) is 0 Å². The number of Topliss-reactive ketones (excluding diaryl/α,β-unsaturated/α-hetero) is 1. The Morgan fingerprint density at radius 2 is 2.33 bits per heavy atom. The van der Waals surface area contributed by atoms with E-state index in [9.17, 15) is 4.79 Å². The molecule has 3 nitrogen and oxygen atoms in total. The van der Waals surface area contributed by atoms with Gasteiger partial charge in [0.05, 0.1) is 6.20 Å². The van der Waals surface area contributed by atoms with Crippen LogP contribution in [0.1, 0.15) is 24.1 Å². The molecule has 0 N–H and O–H groups in total. The van der Waals surface area contributed by atoms with E-state index in [2.05, 4.69) is 5.10 Å². The van der Waals surface area contributed by atoms with Crippen LogP contribution in [0.4, 0.5) is 0 Å². The van der Waals surface area contributed by atoms with E-state index in [-0.39, 0.29) is 0 Å². The lowest BCUT2D eigenvalue weighted by atomic mass is 10.1. The fraction of sp³-hybridized carbons (Fsp3) is 0.556. The largest absolute Gasteiger partial charge is 0.299 e. The van der Waals surface area contributed by atoms with E-state index in [1.165, 1.54) is 5.69 Å². The third-order valence-corrected chi connectivity index (χ3v) is 2.40. The van der Waals surface area contributed by atoms with E-state index in [4.69, 9.17) is 0 Å². The Morgan fingerprint density at radius 3 is 3.17 bits per heavy atom. The van der Waals surface area contributed by atoms with Crippen molar-refractivity contribution in [2.45, 2.75) is 25.7 Å². The number of aromatic nitrogens is 2. The molecule has 12 heavy (non-hydrogen) atoms. The lowest BCUT2D eigenvalue weighted by Gasteiger charge is -1.98. The summed E-state index contributed by atoms with van der Waals surface area (Å²) < 4.78 is 1.88. The van der Waals surface area contributed by atoms with E-state index in [1.807, 2.05) is 17.9 Å². The van der Waals surface area contributed by atoms with Gasteiger partial charge in [0.1, 0.15) is 5.78 Å². The highest BCUT2D eigenvalue weighted by atomic mass is 16.1. The van der Waals surface area contributed by atoms with Gasteiger partial charge in [-0.05, 0) is 12.8 Å². The van der Waals surface area contributed by atoms with Crippen molar-refractivity contribution < 1.29 is 4.79 Å². The fourth-order valence-electron chi connectivity index (χ4n) is 1.73. The van der Waals surface area contributed by atoms with E-state index in [0.717, 1.165) is 24.8 Å². The van der Waals surface area contributed by atoms with Crippen molar-refractivity contribution in [2.24, 2.45) is 7.05 Å². The second kappa shape index (κ2) is 2.73. The average Bonchev–Trinajstić information content (AvgIpc) is 2.31. The molecule has 64 valence electrons. The monoisotopic (exact) mass is 164 g/mol. The molecule has 0 atom stereocenters. The van der Waals surface area contributed by atoms with Gasteiger partial charge in [0.25, 0.3) is 0 Å². The van der Waals surface area contributed by atoms with Crippen LogP contribution in [-0.4, -0.2) is 15.6 Å². The molecule has 0 saturated heterocycles. The molecule has 3 heteroatoms. The minimum Gasteiger partial charge on any atom is -0.299 e. The molecule has 0 aromatic carbocycles.